The van der Waals surface area contributed by atoms with Crippen LogP contribution in [0.25, 0.3) is 0 Å². The van der Waals surface area contributed by atoms with E-state index in [4.69, 9.17) is 0 Å². The summed E-state index contributed by atoms with van der Waals surface area (Å²) in [6, 6.07) is 6.36. The zero-order valence-corrected chi connectivity index (χ0v) is 10.8. The van der Waals surface area contributed by atoms with Gasteiger partial charge in [-0.05, 0) is 20.0 Å². The fourth-order valence-corrected chi connectivity index (χ4v) is 1.59. The molecule has 0 fully saturated rings. The van der Waals surface area contributed by atoms with Crippen molar-refractivity contribution in [3.63, 3.8) is 0 Å². The lowest BCUT2D eigenvalue weighted by atomic mass is 10.1. The summed E-state index contributed by atoms with van der Waals surface area (Å²) in [5, 5.41) is 0. The first-order valence-corrected chi connectivity index (χ1v) is 5.58. The molecular weight excluding hydrogens is 219 g/mol. The Bertz CT molecular complexity index is 393. The molecule has 4 heteroatoms. The van der Waals surface area contributed by atoms with Gasteiger partial charge in [-0.1, -0.05) is 18.2 Å². The summed E-state index contributed by atoms with van der Waals surface area (Å²) < 4.78 is 13.5. The van der Waals surface area contributed by atoms with Crippen LogP contribution < -0.4 is 0 Å². The molecule has 1 rings (SSSR count). The average Bonchev–Trinajstić information content (AvgIpc) is 2.30. The van der Waals surface area contributed by atoms with Gasteiger partial charge in [0.1, 0.15) is 5.82 Å². The van der Waals surface area contributed by atoms with E-state index in [1.807, 2.05) is 18.9 Å². The van der Waals surface area contributed by atoms with Gasteiger partial charge in [-0.3, -0.25) is 9.69 Å². The highest BCUT2D eigenvalue weighted by Crippen LogP contribution is 2.11. The van der Waals surface area contributed by atoms with Gasteiger partial charge >= 0.3 is 0 Å². The third kappa shape index (κ3) is 3.53. The van der Waals surface area contributed by atoms with Crippen molar-refractivity contribution in [3.05, 3.63) is 35.6 Å². The van der Waals surface area contributed by atoms with Crippen molar-refractivity contribution in [2.75, 3.05) is 21.1 Å². The molecule has 0 saturated carbocycles. The maximum Gasteiger partial charge on any atom is 0.239 e. The monoisotopic (exact) mass is 238 g/mol. The SMILES string of the molecule is C[C@@H](C(=O)N(C)C)N(C)Cc1ccccc1F. The number of amides is 1. The molecule has 0 spiro atoms. The van der Waals surface area contributed by atoms with Gasteiger partial charge in [-0.25, -0.2) is 4.39 Å². The summed E-state index contributed by atoms with van der Waals surface area (Å²) in [4.78, 5) is 15.1. The number of carbonyl (C=O) groups excluding carboxylic acids is 1. The number of likely N-dealkylation sites (N-methyl/N-ethyl adjacent to an activating group) is 2. The second-order valence-corrected chi connectivity index (χ2v) is 4.42. The van der Waals surface area contributed by atoms with Crippen molar-refractivity contribution in [1.29, 1.82) is 0 Å². The maximum atomic E-state index is 13.5. The number of hydrogen-bond donors (Lipinski definition) is 0. The zero-order valence-electron chi connectivity index (χ0n) is 10.8. The Hall–Kier alpha value is -1.42. The largest absolute Gasteiger partial charge is 0.347 e. The van der Waals surface area contributed by atoms with Crippen molar-refractivity contribution in [1.82, 2.24) is 9.80 Å². The zero-order chi connectivity index (χ0) is 13.0. The standard InChI is InChI=1S/C13H19FN2O/c1-10(13(17)15(2)3)16(4)9-11-7-5-6-8-12(11)14/h5-8,10H,9H2,1-4H3/t10-/m0/s1. The smallest absolute Gasteiger partial charge is 0.239 e. The Morgan fingerprint density at radius 2 is 1.88 bits per heavy atom. The first-order valence-electron chi connectivity index (χ1n) is 5.58. The molecule has 0 aromatic heterocycles. The van der Waals surface area contributed by atoms with E-state index in [9.17, 15) is 9.18 Å². The second-order valence-electron chi connectivity index (χ2n) is 4.42. The van der Waals surface area contributed by atoms with Gasteiger partial charge in [0.25, 0.3) is 0 Å². The highest BCUT2D eigenvalue weighted by Gasteiger charge is 2.20. The molecule has 17 heavy (non-hydrogen) atoms. The molecule has 0 heterocycles. The predicted octanol–water partition coefficient (Wildman–Crippen LogP) is 1.73. The molecule has 1 amide bonds. The highest BCUT2D eigenvalue weighted by atomic mass is 19.1. The maximum absolute atomic E-state index is 13.5. The van der Waals surface area contributed by atoms with Crippen molar-refractivity contribution in [2.24, 2.45) is 0 Å². The third-order valence-electron chi connectivity index (χ3n) is 2.84. The van der Waals surface area contributed by atoms with Crippen LogP contribution in [0.1, 0.15) is 12.5 Å². The lowest BCUT2D eigenvalue weighted by Gasteiger charge is -2.26. The minimum Gasteiger partial charge on any atom is -0.347 e. The minimum absolute atomic E-state index is 0.0174. The van der Waals surface area contributed by atoms with Crippen LogP contribution in [0.3, 0.4) is 0 Å². The minimum atomic E-state index is -0.260. The van der Waals surface area contributed by atoms with Gasteiger partial charge in [0, 0.05) is 26.2 Å². The summed E-state index contributed by atoms with van der Waals surface area (Å²) in [6.07, 6.45) is 0. The van der Waals surface area contributed by atoms with Crippen LogP contribution in [0, 0.1) is 5.82 Å². The molecule has 0 unspecified atom stereocenters. The van der Waals surface area contributed by atoms with Crippen LogP contribution in [0.15, 0.2) is 24.3 Å². The van der Waals surface area contributed by atoms with E-state index >= 15 is 0 Å². The topological polar surface area (TPSA) is 23.6 Å². The lowest BCUT2D eigenvalue weighted by Crippen LogP contribution is -2.42. The number of benzene rings is 1. The molecule has 0 radical (unpaired) electrons. The number of rotatable bonds is 4. The van der Waals surface area contributed by atoms with Crippen molar-refractivity contribution >= 4 is 5.91 Å². The van der Waals surface area contributed by atoms with Gasteiger partial charge in [0.2, 0.25) is 5.91 Å². The summed E-state index contributed by atoms with van der Waals surface area (Å²) in [5.41, 5.74) is 0.605. The summed E-state index contributed by atoms with van der Waals surface area (Å²) >= 11 is 0. The van der Waals surface area contributed by atoms with Gasteiger partial charge < -0.3 is 4.90 Å². The fraction of sp³-hybridized carbons (Fsp3) is 0.462. The first-order chi connectivity index (χ1) is 7.93. The molecule has 1 aromatic rings. The Balaban J connectivity index is 2.70. The quantitative estimate of drug-likeness (QED) is 0.797. The number of halogens is 1. The summed E-state index contributed by atoms with van der Waals surface area (Å²) in [7, 11) is 5.25. The Labute approximate surface area is 102 Å². The Morgan fingerprint density at radius 1 is 1.29 bits per heavy atom. The first kappa shape index (κ1) is 13.6. The van der Waals surface area contributed by atoms with E-state index in [-0.39, 0.29) is 17.8 Å². The van der Waals surface area contributed by atoms with E-state index in [1.165, 1.54) is 6.07 Å². The predicted molar refractivity (Wildman–Crippen MR) is 66.0 cm³/mol. The molecular formula is C13H19FN2O. The van der Waals surface area contributed by atoms with E-state index in [0.717, 1.165) is 0 Å². The van der Waals surface area contributed by atoms with Crippen molar-refractivity contribution < 1.29 is 9.18 Å². The molecule has 0 aliphatic carbocycles. The molecule has 0 saturated heterocycles. The molecule has 1 aromatic carbocycles. The van der Waals surface area contributed by atoms with Gasteiger partial charge in [-0.2, -0.15) is 0 Å². The molecule has 0 bridgehead atoms. The van der Waals surface area contributed by atoms with Gasteiger partial charge in [-0.15, -0.1) is 0 Å². The summed E-state index contributed by atoms with van der Waals surface area (Å²) in [5.74, 6) is -0.215. The van der Waals surface area contributed by atoms with E-state index in [2.05, 4.69) is 0 Å². The second kappa shape index (κ2) is 5.77. The van der Waals surface area contributed by atoms with Crippen LogP contribution in [0.2, 0.25) is 0 Å². The van der Waals surface area contributed by atoms with Crippen molar-refractivity contribution in [2.45, 2.75) is 19.5 Å². The number of carbonyl (C=O) groups is 1. The van der Waals surface area contributed by atoms with Crippen LogP contribution in [-0.4, -0.2) is 42.9 Å². The number of nitrogens with zero attached hydrogens (tertiary/aromatic N) is 2. The third-order valence-corrected chi connectivity index (χ3v) is 2.84. The summed E-state index contributed by atoms with van der Waals surface area (Å²) in [6.45, 7) is 2.25. The molecule has 94 valence electrons. The van der Waals surface area contributed by atoms with Gasteiger partial charge in [0.15, 0.2) is 0 Å². The average molecular weight is 238 g/mol. The Kier molecular flexibility index (Phi) is 4.63. The van der Waals surface area contributed by atoms with Crippen LogP contribution in [-0.2, 0) is 11.3 Å². The lowest BCUT2D eigenvalue weighted by molar-refractivity contribution is -0.133. The van der Waals surface area contributed by atoms with Crippen LogP contribution in [0.5, 0.6) is 0 Å². The molecule has 0 aliphatic rings. The molecule has 1 atom stereocenters. The fourth-order valence-electron chi connectivity index (χ4n) is 1.59. The van der Waals surface area contributed by atoms with E-state index < -0.39 is 0 Å². The molecule has 0 aliphatic heterocycles. The van der Waals surface area contributed by atoms with E-state index in [1.54, 1.807) is 37.2 Å². The van der Waals surface area contributed by atoms with Crippen LogP contribution in [0.4, 0.5) is 4.39 Å². The van der Waals surface area contributed by atoms with Crippen LogP contribution >= 0.6 is 0 Å². The van der Waals surface area contributed by atoms with E-state index in [0.29, 0.717) is 12.1 Å². The number of hydrogen-bond acceptors (Lipinski definition) is 2. The highest BCUT2D eigenvalue weighted by molar-refractivity contribution is 5.80. The molecule has 3 nitrogen and oxygen atoms in total. The molecule has 0 N–H and O–H groups in total. The normalized spacial score (nSPS) is 12.6. The van der Waals surface area contributed by atoms with Gasteiger partial charge in [0.05, 0.1) is 6.04 Å². The van der Waals surface area contributed by atoms with Crippen molar-refractivity contribution in [3.8, 4) is 0 Å². The Morgan fingerprint density at radius 3 is 2.41 bits per heavy atom.